The van der Waals surface area contributed by atoms with E-state index in [-0.39, 0.29) is 10.7 Å². The first kappa shape index (κ1) is 23.0. The number of carbonyl (C=O) groups excluding carboxylic acids is 3. The van der Waals surface area contributed by atoms with E-state index in [9.17, 15) is 14.4 Å². The number of halogens is 2. The Bertz CT molecular complexity index is 1300. The number of carbonyl (C=O) groups is 3. The largest absolute Gasteiger partial charge is 0.423 e. The topological polar surface area (TPSA) is 75.7 Å². The molecule has 1 heterocycles. The van der Waals surface area contributed by atoms with Gasteiger partial charge in [0.05, 0.1) is 11.3 Å². The number of hydrogen-bond acceptors (Lipinski definition) is 5. The Hall–Kier alpha value is -3.17. The summed E-state index contributed by atoms with van der Waals surface area (Å²) in [6.07, 6.45) is 0. The third-order valence-corrected chi connectivity index (χ3v) is 6.12. The minimum absolute atomic E-state index is 0.0169. The Labute approximate surface area is 209 Å². The Balaban J connectivity index is 1.50. The van der Waals surface area contributed by atoms with Crippen molar-refractivity contribution in [3.05, 3.63) is 97.7 Å². The molecule has 0 saturated carbocycles. The van der Waals surface area contributed by atoms with Crippen LogP contribution in [0.1, 0.15) is 21.5 Å². The maximum Gasteiger partial charge on any atom is 0.343 e. The van der Waals surface area contributed by atoms with Crippen LogP contribution in [-0.2, 0) is 9.59 Å². The van der Waals surface area contributed by atoms with Crippen molar-refractivity contribution in [3.8, 4) is 5.75 Å². The number of imide groups is 1. The predicted molar refractivity (Wildman–Crippen MR) is 135 cm³/mol. The lowest BCUT2D eigenvalue weighted by Crippen LogP contribution is -2.32. The molecule has 8 heteroatoms. The van der Waals surface area contributed by atoms with Gasteiger partial charge in [-0.3, -0.25) is 9.59 Å². The average molecular weight is 573 g/mol. The quantitative estimate of drug-likeness (QED) is 0.187. The van der Waals surface area contributed by atoms with Crippen molar-refractivity contribution in [2.45, 2.75) is 13.8 Å². The monoisotopic (exact) mass is 572 g/mol. The summed E-state index contributed by atoms with van der Waals surface area (Å²) in [6.45, 7) is 3.70. The second-order valence-corrected chi connectivity index (χ2v) is 9.09. The molecule has 0 aromatic heterocycles. The van der Waals surface area contributed by atoms with E-state index in [2.05, 4.69) is 27.9 Å². The first-order valence-electron chi connectivity index (χ1n) is 9.95. The van der Waals surface area contributed by atoms with Crippen LogP contribution in [0, 0.1) is 17.4 Å². The van der Waals surface area contributed by atoms with Gasteiger partial charge in [0.15, 0.2) is 0 Å². The van der Waals surface area contributed by atoms with Gasteiger partial charge in [0.1, 0.15) is 16.5 Å². The Kier molecular flexibility index (Phi) is 6.53. The van der Waals surface area contributed by atoms with Gasteiger partial charge in [-0.15, -0.1) is 0 Å². The fourth-order valence-corrected chi connectivity index (χ4v) is 3.87. The third kappa shape index (κ3) is 4.79. The van der Waals surface area contributed by atoms with Gasteiger partial charge in [0.25, 0.3) is 11.8 Å². The molecule has 166 valence electrons. The lowest BCUT2D eigenvalue weighted by molar-refractivity contribution is -0.120. The molecule has 1 aliphatic heterocycles. The van der Waals surface area contributed by atoms with Crippen LogP contribution in [0.5, 0.6) is 5.75 Å². The summed E-state index contributed by atoms with van der Waals surface area (Å²) in [4.78, 5) is 39.2. The number of amides is 2. The molecule has 0 fully saturated rings. The molecule has 0 spiro atoms. The molecular weight excluding hydrogens is 555 g/mol. The maximum absolute atomic E-state index is 13.0. The molecule has 33 heavy (non-hydrogen) atoms. The molecule has 0 saturated heterocycles. The normalized spacial score (nSPS) is 13.5. The second kappa shape index (κ2) is 9.36. The number of nitrogens with one attached hydrogen (secondary N) is 1. The lowest BCUT2D eigenvalue weighted by atomic mass is 10.1. The fraction of sp³-hybridized carbons (Fsp3) is 0.0800. The van der Waals surface area contributed by atoms with Gasteiger partial charge < -0.3 is 10.1 Å². The van der Waals surface area contributed by atoms with Crippen molar-refractivity contribution in [2.75, 3.05) is 10.2 Å². The molecule has 0 bridgehead atoms. The molecule has 2 amide bonds. The van der Waals surface area contributed by atoms with Crippen LogP contribution in [0.15, 0.2) is 77.5 Å². The van der Waals surface area contributed by atoms with Crippen LogP contribution >= 0.6 is 34.2 Å². The first-order valence-corrected chi connectivity index (χ1v) is 11.4. The van der Waals surface area contributed by atoms with Crippen LogP contribution in [0.3, 0.4) is 0 Å². The predicted octanol–water partition coefficient (Wildman–Crippen LogP) is 5.56. The number of esters is 1. The van der Waals surface area contributed by atoms with E-state index in [0.717, 1.165) is 19.6 Å². The van der Waals surface area contributed by atoms with E-state index < -0.39 is 17.8 Å². The van der Waals surface area contributed by atoms with Gasteiger partial charge in [0.2, 0.25) is 0 Å². The highest BCUT2D eigenvalue weighted by Crippen LogP contribution is 2.32. The molecule has 3 aromatic rings. The smallest absolute Gasteiger partial charge is 0.343 e. The Morgan fingerprint density at radius 3 is 2.27 bits per heavy atom. The van der Waals surface area contributed by atoms with E-state index in [0.29, 0.717) is 22.7 Å². The zero-order valence-electron chi connectivity index (χ0n) is 17.7. The minimum atomic E-state index is -0.587. The third-order valence-electron chi connectivity index (χ3n) is 5.05. The minimum Gasteiger partial charge on any atom is -0.423 e. The molecule has 4 rings (SSSR count). The van der Waals surface area contributed by atoms with E-state index in [1.165, 1.54) is 0 Å². The highest BCUT2D eigenvalue weighted by Gasteiger charge is 2.39. The summed E-state index contributed by atoms with van der Waals surface area (Å²) in [6, 6.07) is 19.0. The summed E-state index contributed by atoms with van der Waals surface area (Å²) in [5.41, 5.74) is 3.01. The molecule has 0 unspecified atom stereocenters. The molecule has 0 aliphatic carbocycles. The SMILES string of the molecule is Cc1ccc(C)c(N2C(=O)C(Cl)=C(Nc3ccc(C(=O)Oc4ccc(I)cc4)cc3)C2=O)c1. The second-order valence-electron chi connectivity index (χ2n) is 7.47. The van der Waals surface area contributed by atoms with Gasteiger partial charge in [0, 0.05) is 9.26 Å². The number of anilines is 2. The molecule has 6 nitrogen and oxygen atoms in total. The standard InChI is InChI=1S/C25H18ClIN2O4/c1-14-3-4-15(2)20(13-14)29-23(30)21(26)22(24(29)31)28-18-9-5-16(6-10-18)25(32)33-19-11-7-17(27)8-12-19/h3-13,28H,1-2H3. The average Bonchev–Trinajstić information content (AvgIpc) is 3.00. The summed E-state index contributed by atoms with van der Waals surface area (Å²) in [7, 11) is 0. The lowest BCUT2D eigenvalue weighted by Gasteiger charge is -2.18. The highest BCUT2D eigenvalue weighted by molar-refractivity contribution is 14.1. The van der Waals surface area contributed by atoms with Gasteiger partial charge in [-0.25, -0.2) is 9.69 Å². The van der Waals surface area contributed by atoms with Crippen molar-refractivity contribution in [1.29, 1.82) is 0 Å². The summed E-state index contributed by atoms with van der Waals surface area (Å²) < 4.78 is 6.40. The van der Waals surface area contributed by atoms with Crippen LogP contribution in [0.4, 0.5) is 11.4 Å². The van der Waals surface area contributed by atoms with Crippen molar-refractivity contribution in [1.82, 2.24) is 0 Å². The van der Waals surface area contributed by atoms with Crippen molar-refractivity contribution >= 4 is 63.4 Å². The molecule has 0 radical (unpaired) electrons. The number of benzene rings is 3. The molecule has 1 N–H and O–H groups in total. The van der Waals surface area contributed by atoms with E-state index in [1.54, 1.807) is 42.5 Å². The summed E-state index contributed by atoms with van der Waals surface area (Å²) in [5, 5.41) is 2.72. The van der Waals surface area contributed by atoms with Crippen molar-refractivity contribution < 1.29 is 19.1 Å². The number of hydrogen-bond donors (Lipinski definition) is 1. The zero-order valence-corrected chi connectivity index (χ0v) is 20.6. The number of nitrogens with zero attached hydrogens (tertiary/aromatic N) is 1. The Morgan fingerprint density at radius 1 is 0.939 bits per heavy atom. The zero-order chi connectivity index (χ0) is 23.7. The number of aryl methyl sites for hydroxylation is 2. The molecular formula is C25H18ClIN2O4. The van der Waals surface area contributed by atoms with Crippen LogP contribution in [0.2, 0.25) is 0 Å². The first-order chi connectivity index (χ1) is 15.7. The van der Waals surface area contributed by atoms with Gasteiger partial charge in [-0.1, -0.05) is 23.7 Å². The van der Waals surface area contributed by atoms with E-state index in [1.807, 2.05) is 38.1 Å². The maximum atomic E-state index is 13.0. The van der Waals surface area contributed by atoms with Crippen molar-refractivity contribution in [3.63, 3.8) is 0 Å². The van der Waals surface area contributed by atoms with Crippen LogP contribution < -0.4 is 15.0 Å². The Morgan fingerprint density at radius 2 is 1.61 bits per heavy atom. The number of rotatable bonds is 5. The molecule has 0 atom stereocenters. The molecule has 3 aromatic carbocycles. The fourth-order valence-electron chi connectivity index (χ4n) is 3.29. The van der Waals surface area contributed by atoms with E-state index >= 15 is 0 Å². The highest BCUT2D eigenvalue weighted by atomic mass is 127. The van der Waals surface area contributed by atoms with Crippen molar-refractivity contribution in [2.24, 2.45) is 0 Å². The number of ether oxygens (including phenoxy) is 1. The van der Waals surface area contributed by atoms with Gasteiger partial charge >= 0.3 is 5.97 Å². The van der Waals surface area contributed by atoms with Gasteiger partial charge in [-0.2, -0.15) is 0 Å². The summed E-state index contributed by atoms with van der Waals surface area (Å²) in [5.74, 6) is -1.19. The summed E-state index contributed by atoms with van der Waals surface area (Å²) >= 11 is 8.39. The van der Waals surface area contributed by atoms with E-state index in [4.69, 9.17) is 16.3 Å². The van der Waals surface area contributed by atoms with Gasteiger partial charge in [-0.05, 0) is 102 Å². The van der Waals surface area contributed by atoms with Crippen LogP contribution in [0.25, 0.3) is 0 Å². The van der Waals surface area contributed by atoms with Crippen LogP contribution in [-0.4, -0.2) is 17.8 Å². The molecule has 1 aliphatic rings.